The summed E-state index contributed by atoms with van der Waals surface area (Å²) >= 11 is 0. The van der Waals surface area contributed by atoms with Crippen molar-refractivity contribution in [2.45, 2.75) is 38.4 Å². The molecule has 0 saturated carbocycles. The molecule has 2 atom stereocenters. The molecule has 104 valence electrons. The number of aryl methyl sites for hydroxylation is 2. The van der Waals surface area contributed by atoms with E-state index in [1.54, 1.807) is 10.9 Å². The fourth-order valence-corrected chi connectivity index (χ4v) is 2.24. The Morgan fingerprint density at radius 2 is 2.22 bits per heavy atom. The third kappa shape index (κ3) is 3.73. The number of rotatable bonds is 7. The van der Waals surface area contributed by atoms with Crippen molar-refractivity contribution in [2.24, 2.45) is 7.05 Å². The summed E-state index contributed by atoms with van der Waals surface area (Å²) in [5, 5.41) is 7.89. The van der Waals surface area contributed by atoms with Gasteiger partial charge in [-0.1, -0.05) is 20.3 Å². The Balaban J connectivity index is 2.59. The quantitative estimate of drug-likeness (QED) is 0.789. The molecule has 0 radical (unpaired) electrons. The first-order valence-corrected chi connectivity index (χ1v) is 7.96. The van der Waals surface area contributed by atoms with Crippen LogP contribution in [0.25, 0.3) is 0 Å². The van der Waals surface area contributed by atoms with E-state index in [1.807, 2.05) is 14.0 Å². The van der Waals surface area contributed by atoms with E-state index in [1.165, 1.54) is 0 Å². The second-order valence-electron chi connectivity index (χ2n) is 4.61. The lowest BCUT2D eigenvalue weighted by atomic mass is 10.2. The number of nitrogens with zero attached hydrogens (tertiary/aromatic N) is 2. The fourth-order valence-electron chi connectivity index (χ4n) is 1.79. The third-order valence-electron chi connectivity index (χ3n) is 3.06. The van der Waals surface area contributed by atoms with Crippen LogP contribution < -0.4 is 11.1 Å². The normalized spacial score (nSPS) is 14.4. The SMILES string of the molecule is CCCc1nn(C)c(NCCC(C)S(C)=O)c1N. The van der Waals surface area contributed by atoms with Crippen molar-refractivity contribution in [1.82, 2.24) is 9.78 Å². The van der Waals surface area contributed by atoms with Gasteiger partial charge in [0.15, 0.2) is 0 Å². The topological polar surface area (TPSA) is 72.9 Å². The predicted molar refractivity (Wildman–Crippen MR) is 78.3 cm³/mol. The molecule has 2 unspecified atom stereocenters. The molecule has 0 aliphatic carbocycles. The molecule has 5 nitrogen and oxygen atoms in total. The summed E-state index contributed by atoms with van der Waals surface area (Å²) in [6.07, 6.45) is 4.53. The van der Waals surface area contributed by atoms with Gasteiger partial charge in [0.2, 0.25) is 0 Å². The van der Waals surface area contributed by atoms with Gasteiger partial charge in [-0.3, -0.25) is 8.89 Å². The molecular weight excluding hydrogens is 248 g/mol. The minimum absolute atomic E-state index is 0.196. The molecule has 0 bridgehead atoms. The first kappa shape index (κ1) is 15.0. The van der Waals surface area contributed by atoms with Crippen LogP contribution in [0.2, 0.25) is 0 Å². The summed E-state index contributed by atoms with van der Waals surface area (Å²) < 4.78 is 13.0. The molecule has 1 aromatic rings. The minimum atomic E-state index is -0.770. The van der Waals surface area contributed by atoms with Gasteiger partial charge in [0.1, 0.15) is 5.82 Å². The Bertz CT molecular complexity index is 416. The van der Waals surface area contributed by atoms with Crippen LogP contribution in [0.5, 0.6) is 0 Å². The number of aromatic nitrogens is 2. The molecule has 0 spiro atoms. The first-order chi connectivity index (χ1) is 8.47. The Hall–Kier alpha value is -1.04. The van der Waals surface area contributed by atoms with E-state index in [0.717, 1.165) is 43.0 Å². The van der Waals surface area contributed by atoms with Crippen molar-refractivity contribution in [3.8, 4) is 0 Å². The van der Waals surface area contributed by atoms with Gasteiger partial charge in [0, 0.05) is 35.9 Å². The van der Waals surface area contributed by atoms with Crippen molar-refractivity contribution in [1.29, 1.82) is 0 Å². The van der Waals surface area contributed by atoms with Crippen LogP contribution in [0.4, 0.5) is 11.5 Å². The summed E-state index contributed by atoms with van der Waals surface area (Å²) in [5.74, 6) is 0.868. The van der Waals surface area contributed by atoms with E-state index in [9.17, 15) is 4.21 Å². The highest BCUT2D eigenvalue weighted by molar-refractivity contribution is 7.84. The number of hydrogen-bond donors (Lipinski definition) is 2. The minimum Gasteiger partial charge on any atom is -0.394 e. The number of hydrogen-bond acceptors (Lipinski definition) is 4. The van der Waals surface area contributed by atoms with Crippen molar-refractivity contribution >= 4 is 22.3 Å². The molecule has 3 N–H and O–H groups in total. The molecule has 18 heavy (non-hydrogen) atoms. The maximum atomic E-state index is 11.3. The second kappa shape index (κ2) is 6.78. The lowest BCUT2D eigenvalue weighted by Crippen LogP contribution is -2.16. The Labute approximate surface area is 112 Å². The molecular formula is C12H24N4OS. The van der Waals surface area contributed by atoms with Crippen molar-refractivity contribution in [2.75, 3.05) is 23.9 Å². The molecule has 0 aliphatic rings. The van der Waals surface area contributed by atoms with E-state index < -0.39 is 10.8 Å². The maximum Gasteiger partial charge on any atom is 0.147 e. The summed E-state index contributed by atoms with van der Waals surface area (Å²) in [6.45, 7) is 4.86. The Morgan fingerprint density at radius 1 is 1.56 bits per heavy atom. The van der Waals surface area contributed by atoms with Gasteiger partial charge >= 0.3 is 0 Å². The van der Waals surface area contributed by atoms with Gasteiger partial charge in [-0.05, 0) is 12.8 Å². The standard InChI is InChI=1S/C12H24N4OS/c1-5-6-10-11(13)12(16(3)15-10)14-8-7-9(2)18(4)17/h9,14H,5-8,13H2,1-4H3. The van der Waals surface area contributed by atoms with Crippen LogP contribution in [0.1, 0.15) is 32.4 Å². The molecule has 0 amide bonds. The zero-order chi connectivity index (χ0) is 13.7. The number of nitrogen functional groups attached to an aromatic ring is 1. The fraction of sp³-hybridized carbons (Fsp3) is 0.750. The summed E-state index contributed by atoms with van der Waals surface area (Å²) in [4.78, 5) is 0. The summed E-state index contributed by atoms with van der Waals surface area (Å²) in [7, 11) is 1.12. The largest absolute Gasteiger partial charge is 0.394 e. The molecule has 1 rings (SSSR count). The van der Waals surface area contributed by atoms with Crippen LogP contribution in [-0.4, -0.2) is 32.0 Å². The molecule has 0 fully saturated rings. The lowest BCUT2D eigenvalue weighted by molar-refractivity contribution is 0.671. The van der Waals surface area contributed by atoms with Crippen molar-refractivity contribution in [3.63, 3.8) is 0 Å². The zero-order valence-corrected chi connectivity index (χ0v) is 12.5. The third-order valence-corrected chi connectivity index (χ3v) is 4.43. The maximum absolute atomic E-state index is 11.3. The lowest BCUT2D eigenvalue weighted by Gasteiger charge is -2.10. The van der Waals surface area contributed by atoms with Crippen molar-refractivity contribution in [3.05, 3.63) is 5.69 Å². The van der Waals surface area contributed by atoms with E-state index in [2.05, 4.69) is 17.3 Å². The predicted octanol–water partition coefficient (Wildman–Crippen LogP) is 1.52. The van der Waals surface area contributed by atoms with Gasteiger partial charge in [-0.15, -0.1) is 0 Å². The van der Waals surface area contributed by atoms with Crippen LogP contribution in [0.3, 0.4) is 0 Å². The Morgan fingerprint density at radius 3 is 2.78 bits per heavy atom. The number of nitrogens with one attached hydrogen (secondary N) is 1. The Kier molecular flexibility index (Phi) is 5.65. The molecule has 1 aromatic heterocycles. The van der Waals surface area contributed by atoms with Crippen LogP contribution in [-0.2, 0) is 24.3 Å². The molecule has 0 saturated heterocycles. The first-order valence-electron chi connectivity index (χ1n) is 6.34. The van der Waals surface area contributed by atoms with Crippen LogP contribution in [0, 0.1) is 0 Å². The molecule has 0 aliphatic heterocycles. The highest BCUT2D eigenvalue weighted by Gasteiger charge is 2.13. The van der Waals surface area contributed by atoms with Gasteiger partial charge in [-0.2, -0.15) is 5.10 Å². The summed E-state index contributed by atoms with van der Waals surface area (Å²) in [5.41, 5.74) is 7.75. The van der Waals surface area contributed by atoms with E-state index in [0.29, 0.717) is 0 Å². The monoisotopic (exact) mass is 272 g/mol. The summed E-state index contributed by atoms with van der Waals surface area (Å²) in [6, 6.07) is 0. The van der Waals surface area contributed by atoms with Crippen LogP contribution in [0.15, 0.2) is 0 Å². The van der Waals surface area contributed by atoms with Gasteiger partial charge in [0.25, 0.3) is 0 Å². The molecule has 6 heteroatoms. The second-order valence-corrected chi connectivity index (χ2v) is 6.41. The highest BCUT2D eigenvalue weighted by atomic mass is 32.2. The average molecular weight is 272 g/mol. The number of anilines is 2. The van der Waals surface area contributed by atoms with Gasteiger partial charge in [0.05, 0.1) is 11.4 Å². The van der Waals surface area contributed by atoms with E-state index in [-0.39, 0.29) is 5.25 Å². The average Bonchev–Trinajstić information content (AvgIpc) is 2.56. The molecule has 1 heterocycles. The van der Waals surface area contributed by atoms with E-state index in [4.69, 9.17) is 5.73 Å². The zero-order valence-electron chi connectivity index (χ0n) is 11.7. The molecule has 0 aromatic carbocycles. The number of nitrogens with two attached hydrogens (primary N) is 1. The van der Waals surface area contributed by atoms with Crippen LogP contribution >= 0.6 is 0 Å². The van der Waals surface area contributed by atoms with Gasteiger partial charge in [-0.25, -0.2) is 0 Å². The van der Waals surface area contributed by atoms with Crippen molar-refractivity contribution < 1.29 is 4.21 Å². The van der Waals surface area contributed by atoms with E-state index >= 15 is 0 Å². The van der Waals surface area contributed by atoms with Gasteiger partial charge < -0.3 is 11.1 Å². The smallest absolute Gasteiger partial charge is 0.147 e. The highest BCUT2D eigenvalue weighted by Crippen LogP contribution is 2.23.